The van der Waals surface area contributed by atoms with Gasteiger partial charge in [-0.25, -0.2) is 0 Å². The van der Waals surface area contributed by atoms with Crippen molar-refractivity contribution in [3.05, 3.63) is 70.3 Å². The Morgan fingerprint density at radius 1 is 1.03 bits per heavy atom. The zero-order valence-corrected chi connectivity index (χ0v) is 20.0. The molecule has 3 amide bonds. The molecule has 0 bridgehead atoms. The summed E-state index contributed by atoms with van der Waals surface area (Å²) in [7, 11) is 0. The van der Waals surface area contributed by atoms with Crippen molar-refractivity contribution in [2.75, 3.05) is 32.8 Å². The molecule has 35 heavy (non-hydrogen) atoms. The van der Waals surface area contributed by atoms with Crippen LogP contribution in [0.4, 0.5) is 0 Å². The van der Waals surface area contributed by atoms with Gasteiger partial charge >= 0.3 is 0 Å². The third-order valence-electron chi connectivity index (χ3n) is 6.82. The number of benzene rings is 2. The van der Waals surface area contributed by atoms with Crippen LogP contribution in [-0.2, 0) is 22.6 Å². The smallest absolute Gasteiger partial charge is 0.261 e. The lowest BCUT2D eigenvalue weighted by molar-refractivity contribution is -0.0212. The second-order valence-corrected chi connectivity index (χ2v) is 9.54. The molecule has 0 aliphatic carbocycles. The summed E-state index contributed by atoms with van der Waals surface area (Å²) >= 11 is 0. The van der Waals surface area contributed by atoms with Crippen molar-refractivity contribution in [1.82, 2.24) is 15.1 Å². The average Bonchev–Trinajstić information content (AvgIpc) is 3.45. The maximum atomic E-state index is 12.9. The molecular weight excluding hydrogens is 446 g/mol. The van der Waals surface area contributed by atoms with Crippen molar-refractivity contribution in [2.45, 2.75) is 45.1 Å². The number of amides is 3. The van der Waals surface area contributed by atoms with Crippen molar-refractivity contribution in [1.29, 1.82) is 0 Å². The monoisotopic (exact) mass is 477 g/mol. The number of ether oxygens (including phenoxy) is 2. The largest absolute Gasteiger partial charge is 0.376 e. The third kappa shape index (κ3) is 5.29. The van der Waals surface area contributed by atoms with E-state index in [9.17, 15) is 14.4 Å². The topological polar surface area (TPSA) is 88.2 Å². The van der Waals surface area contributed by atoms with E-state index in [4.69, 9.17) is 9.47 Å². The number of carbonyl (C=O) groups is 3. The standard InChI is InChI=1S/C27H31N3O5/c1-18-15-29(9-11-34-18)16-20-5-2-4-19(12-20)14-28-25(31)21-7-8-23-24(13-21)27(33)30(26(23)32)17-22-6-3-10-35-22/h2,4-5,7-8,12-13,18,22H,3,6,9-11,14-17H2,1H3,(H,28,31). The van der Waals surface area contributed by atoms with Crippen molar-refractivity contribution in [3.8, 4) is 0 Å². The maximum Gasteiger partial charge on any atom is 0.261 e. The van der Waals surface area contributed by atoms with Crippen LogP contribution >= 0.6 is 0 Å². The Morgan fingerprint density at radius 3 is 2.66 bits per heavy atom. The fraction of sp³-hybridized carbons (Fsp3) is 0.444. The first-order valence-electron chi connectivity index (χ1n) is 12.3. The van der Waals surface area contributed by atoms with E-state index in [0.717, 1.165) is 44.6 Å². The molecule has 8 heteroatoms. The molecule has 8 nitrogen and oxygen atoms in total. The Hall–Kier alpha value is -3.07. The predicted octanol–water partition coefficient (Wildman–Crippen LogP) is 2.61. The SMILES string of the molecule is CC1CN(Cc2cccc(CNC(=O)c3ccc4c(c3)C(=O)N(CC3CCCO3)C4=O)c2)CCO1. The van der Waals surface area contributed by atoms with Crippen LogP contribution in [0.25, 0.3) is 0 Å². The van der Waals surface area contributed by atoms with Gasteiger partial charge in [0.25, 0.3) is 17.7 Å². The molecule has 184 valence electrons. The van der Waals surface area contributed by atoms with Gasteiger partial charge in [-0.15, -0.1) is 0 Å². The molecule has 1 N–H and O–H groups in total. The van der Waals surface area contributed by atoms with Gasteiger partial charge in [0.05, 0.1) is 36.5 Å². The molecule has 2 aromatic carbocycles. The average molecular weight is 478 g/mol. The van der Waals surface area contributed by atoms with Crippen LogP contribution in [0.3, 0.4) is 0 Å². The molecule has 0 radical (unpaired) electrons. The molecule has 0 aromatic heterocycles. The number of carbonyl (C=O) groups excluding carboxylic acids is 3. The Labute approximate surface area is 205 Å². The number of nitrogens with zero attached hydrogens (tertiary/aromatic N) is 2. The molecule has 0 spiro atoms. The van der Waals surface area contributed by atoms with Gasteiger partial charge in [0.1, 0.15) is 0 Å². The number of hydrogen-bond acceptors (Lipinski definition) is 6. The summed E-state index contributed by atoms with van der Waals surface area (Å²) in [4.78, 5) is 42.0. The second-order valence-electron chi connectivity index (χ2n) is 9.54. The van der Waals surface area contributed by atoms with Gasteiger partial charge in [0.15, 0.2) is 0 Å². The van der Waals surface area contributed by atoms with Crippen molar-refractivity contribution in [2.24, 2.45) is 0 Å². The highest BCUT2D eigenvalue weighted by Crippen LogP contribution is 2.26. The highest BCUT2D eigenvalue weighted by Gasteiger charge is 2.38. The van der Waals surface area contributed by atoms with E-state index in [2.05, 4.69) is 29.3 Å². The Kier molecular flexibility index (Phi) is 6.95. The fourth-order valence-electron chi connectivity index (χ4n) is 5.00. The molecular formula is C27H31N3O5. The first-order valence-corrected chi connectivity index (χ1v) is 12.3. The number of morpholine rings is 1. The van der Waals surface area contributed by atoms with Gasteiger partial charge in [0.2, 0.25) is 0 Å². The highest BCUT2D eigenvalue weighted by atomic mass is 16.5. The molecule has 2 atom stereocenters. The van der Waals surface area contributed by atoms with Crippen LogP contribution in [-0.4, -0.2) is 72.6 Å². The molecule has 3 aliphatic rings. The molecule has 3 aliphatic heterocycles. The molecule has 2 aromatic rings. The van der Waals surface area contributed by atoms with Gasteiger partial charge in [-0.3, -0.25) is 24.2 Å². The zero-order chi connectivity index (χ0) is 24.4. The Morgan fingerprint density at radius 2 is 1.86 bits per heavy atom. The Bertz CT molecular complexity index is 1130. The van der Waals surface area contributed by atoms with E-state index in [-0.39, 0.29) is 42.0 Å². The van der Waals surface area contributed by atoms with Gasteiger partial charge in [-0.2, -0.15) is 0 Å². The summed E-state index contributed by atoms with van der Waals surface area (Å²) in [5.74, 6) is -0.961. The number of imide groups is 1. The lowest BCUT2D eigenvalue weighted by Crippen LogP contribution is -2.40. The molecule has 3 heterocycles. The zero-order valence-electron chi connectivity index (χ0n) is 20.0. The van der Waals surface area contributed by atoms with E-state index in [1.54, 1.807) is 12.1 Å². The van der Waals surface area contributed by atoms with Crippen LogP contribution < -0.4 is 5.32 Å². The number of fused-ring (bicyclic) bond motifs is 1. The molecule has 0 saturated carbocycles. The number of nitrogens with one attached hydrogen (secondary N) is 1. The van der Waals surface area contributed by atoms with Crippen LogP contribution in [0.2, 0.25) is 0 Å². The van der Waals surface area contributed by atoms with Gasteiger partial charge < -0.3 is 14.8 Å². The van der Waals surface area contributed by atoms with Crippen LogP contribution in [0.1, 0.15) is 62.0 Å². The lowest BCUT2D eigenvalue weighted by atomic mass is 10.0. The molecule has 2 fully saturated rings. The van der Waals surface area contributed by atoms with Crippen molar-refractivity contribution in [3.63, 3.8) is 0 Å². The summed E-state index contributed by atoms with van der Waals surface area (Å²) in [6.45, 7) is 6.79. The Balaban J connectivity index is 1.20. The van der Waals surface area contributed by atoms with Crippen molar-refractivity contribution < 1.29 is 23.9 Å². The summed E-state index contributed by atoms with van der Waals surface area (Å²) in [5, 5.41) is 2.94. The van der Waals surface area contributed by atoms with E-state index >= 15 is 0 Å². The second kappa shape index (κ2) is 10.3. The molecule has 2 saturated heterocycles. The maximum absolute atomic E-state index is 12.9. The summed E-state index contributed by atoms with van der Waals surface area (Å²) in [5.41, 5.74) is 3.19. The molecule has 2 unspecified atom stereocenters. The van der Waals surface area contributed by atoms with E-state index in [1.807, 2.05) is 12.1 Å². The summed E-state index contributed by atoms with van der Waals surface area (Å²) in [6.07, 6.45) is 1.91. The lowest BCUT2D eigenvalue weighted by Gasteiger charge is -2.31. The van der Waals surface area contributed by atoms with E-state index in [1.165, 1.54) is 16.5 Å². The number of hydrogen-bond donors (Lipinski definition) is 1. The minimum absolute atomic E-state index is 0.109. The first kappa shape index (κ1) is 23.7. The van der Waals surface area contributed by atoms with Crippen LogP contribution in [0, 0.1) is 0 Å². The van der Waals surface area contributed by atoms with E-state index < -0.39 is 0 Å². The summed E-state index contributed by atoms with van der Waals surface area (Å²) in [6, 6.07) is 12.9. The first-order chi connectivity index (χ1) is 17.0. The molecule has 5 rings (SSSR count). The van der Waals surface area contributed by atoms with Crippen LogP contribution in [0.15, 0.2) is 42.5 Å². The van der Waals surface area contributed by atoms with Gasteiger partial charge in [-0.05, 0) is 49.1 Å². The summed E-state index contributed by atoms with van der Waals surface area (Å²) < 4.78 is 11.2. The van der Waals surface area contributed by atoms with E-state index in [0.29, 0.717) is 24.3 Å². The quantitative estimate of drug-likeness (QED) is 0.617. The minimum Gasteiger partial charge on any atom is -0.376 e. The number of rotatable bonds is 7. The van der Waals surface area contributed by atoms with Crippen LogP contribution in [0.5, 0.6) is 0 Å². The third-order valence-corrected chi connectivity index (χ3v) is 6.82. The van der Waals surface area contributed by atoms with Gasteiger partial charge in [0, 0.05) is 38.3 Å². The van der Waals surface area contributed by atoms with Crippen molar-refractivity contribution >= 4 is 17.7 Å². The predicted molar refractivity (Wildman–Crippen MR) is 129 cm³/mol. The fourth-order valence-corrected chi connectivity index (χ4v) is 5.00. The van der Waals surface area contributed by atoms with Gasteiger partial charge in [-0.1, -0.05) is 24.3 Å². The minimum atomic E-state index is -0.361. The normalized spacial score (nSPS) is 22.5. The highest BCUT2D eigenvalue weighted by molar-refractivity contribution is 6.22.